The molecule has 0 bridgehead atoms. The molecule has 1 N–H and O–H groups in total. The fourth-order valence-corrected chi connectivity index (χ4v) is 5.21. The second-order valence-corrected chi connectivity index (χ2v) is 10.4. The summed E-state index contributed by atoms with van der Waals surface area (Å²) in [6, 6.07) is 35.4. The summed E-state index contributed by atoms with van der Waals surface area (Å²) < 4.78 is 31.4. The van der Waals surface area contributed by atoms with Crippen LogP contribution in [0.25, 0.3) is 55.0 Å². The SMILES string of the molecule is FCOc1ccc2cc(-n3ccc4ccccc43)ncc2c1.Oc1ccc2cc(-n3ccc4ccccc43)ncc2c1.[19F]CBr. The third kappa shape index (κ3) is 6.49. The Kier molecular flexibility index (Phi) is 8.98. The fraction of sp³-hybridized carbons (Fsp3) is 0.0556. The van der Waals surface area contributed by atoms with E-state index in [9.17, 15) is 13.9 Å². The zero-order valence-corrected chi connectivity index (χ0v) is 25.5. The van der Waals surface area contributed by atoms with Crippen LogP contribution in [0.15, 0.2) is 134 Å². The highest BCUT2D eigenvalue weighted by molar-refractivity contribution is 9.09. The fourth-order valence-electron chi connectivity index (χ4n) is 5.21. The molecule has 9 heteroatoms. The summed E-state index contributed by atoms with van der Waals surface area (Å²) >= 11 is 2.48. The first-order valence-corrected chi connectivity index (χ1v) is 15.1. The third-order valence-corrected chi connectivity index (χ3v) is 7.28. The maximum Gasteiger partial charge on any atom is 0.228 e. The molecule has 4 aromatic heterocycles. The van der Waals surface area contributed by atoms with Crippen LogP contribution in [0.2, 0.25) is 0 Å². The molecule has 0 radical (unpaired) electrons. The van der Waals surface area contributed by atoms with Crippen molar-refractivity contribution >= 4 is 59.3 Å². The Labute approximate surface area is 265 Å². The number of rotatable bonds is 4. The van der Waals surface area contributed by atoms with Gasteiger partial charge in [0.1, 0.15) is 28.7 Å². The van der Waals surface area contributed by atoms with Crippen molar-refractivity contribution in [2.75, 3.05) is 12.4 Å². The van der Waals surface area contributed by atoms with Gasteiger partial charge in [-0.3, -0.25) is 0 Å². The highest BCUT2D eigenvalue weighted by Crippen LogP contribution is 2.26. The molecule has 0 aliphatic rings. The normalized spacial score (nSPS) is 10.8. The zero-order chi connectivity index (χ0) is 31.2. The Morgan fingerprint density at radius 2 is 1.11 bits per heavy atom. The van der Waals surface area contributed by atoms with E-state index in [1.165, 1.54) is 10.8 Å². The highest BCUT2D eigenvalue weighted by atomic mass is 79.9. The topological polar surface area (TPSA) is 65.1 Å². The Morgan fingerprint density at radius 3 is 1.67 bits per heavy atom. The van der Waals surface area contributed by atoms with Crippen molar-refractivity contribution in [2.24, 2.45) is 0 Å². The quantitative estimate of drug-likeness (QED) is 0.190. The molecule has 0 spiro atoms. The number of hydrogen-bond acceptors (Lipinski definition) is 4. The molecular formula is C36H27BrF2N4O2. The molecule has 0 aliphatic heterocycles. The molecule has 0 atom stereocenters. The molecule has 0 saturated carbocycles. The van der Waals surface area contributed by atoms with E-state index in [4.69, 9.17) is 4.74 Å². The molecule has 45 heavy (non-hydrogen) atoms. The summed E-state index contributed by atoms with van der Waals surface area (Å²) in [5.41, 5.74) is 1.82. The van der Waals surface area contributed by atoms with Crippen molar-refractivity contribution in [1.29, 1.82) is 0 Å². The number of aromatic nitrogens is 4. The van der Waals surface area contributed by atoms with Gasteiger partial charge in [-0.1, -0.05) is 64.5 Å². The summed E-state index contributed by atoms with van der Waals surface area (Å²) in [4.78, 5) is 9.01. The number of para-hydroxylation sites is 2. The smallest absolute Gasteiger partial charge is 0.228 e. The van der Waals surface area contributed by atoms with E-state index in [2.05, 4.69) is 71.4 Å². The number of halogens is 3. The number of phenolic OH excluding ortho intramolecular Hbond substituents is 1. The molecule has 8 aromatic rings. The highest BCUT2D eigenvalue weighted by Gasteiger charge is 2.07. The number of phenols is 1. The minimum absolute atomic E-state index is 0.262. The predicted molar refractivity (Wildman–Crippen MR) is 180 cm³/mol. The van der Waals surface area contributed by atoms with Crippen LogP contribution in [-0.4, -0.2) is 36.7 Å². The number of benzene rings is 4. The lowest BCUT2D eigenvalue weighted by Gasteiger charge is -2.07. The molecule has 224 valence electrons. The van der Waals surface area contributed by atoms with E-state index in [0.717, 1.165) is 44.2 Å². The van der Waals surface area contributed by atoms with Gasteiger partial charge in [0.15, 0.2) is 0 Å². The van der Waals surface area contributed by atoms with Gasteiger partial charge >= 0.3 is 0 Å². The molecule has 6 nitrogen and oxygen atoms in total. The van der Waals surface area contributed by atoms with Crippen LogP contribution >= 0.6 is 15.9 Å². The molecule has 0 saturated heterocycles. The summed E-state index contributed by atoms with van der Waals surface area (Å²) in [7, 11) is 0. The van der Waals surface area contributed by atoms with E-state index in [0.29, 0.717) is 5.75 Å². The number of pyridine rings is 2. The van der Waals surface area contributed by atoms with Crippen LogP contribution in [0, 0.1) is 0 Å². The molecule has 0 amide bonds. The van der Waals surface area contributed by atoms with E-state index in [1.807, 2.05) is 60.9 Å². The Morgan fingerprint density at radius 1 is 0.600 bits per heavy atom. The minimum atomic E-state index is -0.827. The summed E-state index contributed by atoms with van der Waals surface area (Å²) in [6.45, 7) is -0.827. The Bertz CT molecular complexity index is 2230. The first kappa shape index (κ1) is 29.8. The van der Waals surface area contributed by atoms with E-state index < -0.39 is 12.4 Å². The van der Waals surface area contributed by atoms with Crippen LogP contribution in [0.3, 0.4) is 0 Å². The third-order valence-electron chi connectivity index (χ3n) is 7.28. The molecular weight excluding hydrogens is 638 g/mol. The molecule has 4 aromatic carbocycles. The van der Waals surface area contributed by atoms with Crippen molar-refractivity contribution in [2.45, 2.75) is 0 Å². The van der Waals surface area contributed by atoms with E-state index in [1.54, 1.807) is 36.7 Å². The van der Waals surface area contributed by atoms with Crippen LogP contribution in [-0.2, 0) is 0 Å². The Balaban J connectivity index is 0.000000147. The first-order valence-electron chi connectivity index (χ1n) is 14.0. The zero-order valence-electron chi connectivity index (χ0n) is 23.9. The van der Waals surface area contributed by atoms with Crippen LogP contribution in [0.4, 0.5) is 8.78 Å². The summed E-state index contributed by atoms with van der Waals surface area (Å²) in [5.74, 6) is 2.51. The van der Waals surface area contributed by atoms with Crippen molar-refractivity contribution < 1.29 is 18.6 Å². The van der Waals surface area contributed by atoms with Crippen molar-refractivity contribution in [1.82, 2.24) is 19.1 Å². The second kappa shape index (κ2) is 13.6. The molecule has 8 rings (SSSR count). The Hall–Kier alpha value is -5.28. The number of nitrogens with zero attached hydrogens (tertiary/aromatic N) is 4. The van der Waals surface area contributed by atoms with Crippen molar-refractivity contribution in [3.8, 4) is 23.1 Å². The molecule has 0 unspecified atom stereocenters. The monoisotopic (exact) mass is 664 g/mol. The van der Waals surface area contributed by atoms with Crippen LogP contribution in [0.1, 0.15) is 0 Å². The maximum absolute atomic E-state index is 12.2. The average Bonchev–Trinajstić information content (AvgIpc) is 3.70. The lowest BCUT2D eigenvalue weighted by Crippen LogP contribution is -1.95. The maximum atomic E-state index is 12.2. The number of alkyl halides is 3. The lowest BCUT2D eigenvalue weighted by atomic mass is 10.1. The van der Waals surface area contributed by atoms with E-state index >= 15 is 0 Å². The van der Waals surface area contributed by atoms with Crippen LogP contribution in [0.5, 0.6) is 11.5 Å². The number of fused-ring (bicyclic) bond motifs is 4. The van der Waals surface area contributed by atoms with Gasteiger partial charge in [0, 0.05) is 35.6 Å². The van der Waals surface area contributed by atoms with Crippen molar-refractivity contribution in [3.63, 3.8) is 0 Å². The minimum Gasteiger partial charge on any atom is -0.508 e. The standard InChI is InChI=1S/C18H13FN2O.C17H12N2O.CH2BrF/c19-12-22-16-6-5-14-10-18(20-11-15(14)9-16)21-8-7-13-3-1-2-4-17(13)21;20-15-6-5-13-10-17(18-11-14(13)9-15)19-8-7-12-3-1-2-4-16(12)19;2-1-3/h1-11H,12H2;1-11,20H;1H2/i;;3+0. The van der Waals surface area contributed by atoms with Gasteiger partial charge in [0.05, 0.1) is 11.0 Å². The van der Waals surface area contributed by atoms with Gasteiger partial charge in [0.25, 0.3) is 0 Å². The second-order valence-electron chi connectivity index (χ2n) is 9.97. The van der Waals surface area contributed by atoms with E-state index in [-0.39, 0.29) is 5.75 Å². The van der Waals surface area contributed by atoms with Gasteiger partial charge < -0.3 is 19.0 Å². The molecule has 0 aliphatic carbocycles. The largest absolute Gasteiger partial charge is 0.508 e. The van der Waals surface area contributed by atoms with Crippen molar-refractivity contribution in [3.05, 3.63) is 134 Å². The number of ether oxygens (including phenoxy) is 1. The average molecular weight is 666 g/mol. The molecule has 0 fully saturated rings. The number of hydrogen-bond donors (Lipinski definition) is 1. The van der Waals surface area contributed by atoms with Gasteiger partial charge in [-0.25, -0.2) is 18.7 Å². The summed E-state index contributed by atoms with van der Waals surface area (Å²) in [5, 5.41) is 15.8. The van der Waals surface area contributed by atoms with Crippen LogP contribution < -0.4 is 4.74 Å². The predicted octanol–water partition coefficient (Wildman–Crippen LogP) is 9.68. The van der Waals surface area contributed by atoms with Gasteiger partial charge in [0.2, 0.25) is 6.86 Å². The van der Waals surface area contributed by atoms with Gasteiger partial charge in [-0.15, -0.1) is 0 Å². The first-order chi connectivity index (χ1) is 22.1. The van der Waals surface area contributed by atoms with Gasteiger partial charge in [-0.2, -0.15) is 0 Å². The number of aromatic hydroxyl groups is 1. The lowest BCUT2D eigenvalue weighted by molar-refractivity contribution is 0.192. The molecule has 4 heterocycles. The van der Waals surface area contributed by atoms with Gasteiger partial charge in [-0.05, 0) is 82.2 Å². The summed E-state index contributed by atoms with van der Waals surface area (Å²) in [6.07, 6.45) is 7.61.